The third-order valence-corrected chi connectivity index (χ3v) is 5.83. The molecule has 19 heavy (non-hydrogen) atoms. The quantitative estimate of drug-likeness (QED) is 0.885. The summed E-state index contributed by atoms with van der Waals surface area (Å²) in [5.41, 5.74) is 0.511. The zero-order valence-corrected chi connectivity index (χ0v) is 12.5. The number of piperidine rings is 1. The lowest BCUT2D eigenvalue weighted by Crippen LogP contribution is -2.46. The normalized spacial score (nSPS) is 24.2. The maximum absolute atomic E-state index is 4.37. The summed E-state index contributed by atoms with van der Waals surface area (Å²) in [6.45, 7) is 3.50. The highest BCUT2D eigenvalue weighted by atomic mass is 32.1. The Morgan fingerprint density at radius 3 is 2.74 bits per heavy atom. The lowest BCUT2D eigenvalue weighted by Gasteiger charge is -2.45. The summed E-state index contributed by atoms with van der Waals surface area (Å²) in [5.74, 6) is 0.927. The van der Waals surface area contributed by atoms with Crippen LogP contribution >= 0.6 is 11.3 Å². The van der Waals surface area contributed by atoms with Crippen molar-refractivity contribution >= 4 is 16.5 Å². The maximum atomic E-state index is 4.37. The number of thiazole rings is 1. The standard InChI is InChI=1S/C15H25N3S/c1-2-4-13(5-3-1)15(6-8-16-9-7-15)12-18-14-17-10-11-19-14/h10-11,13,16H,1-9,12H2,(H,17,18). The van der Waals surface area contributed by atoms with E-state index in [1.54, 1.807) is 11.3 Å². The molecule has 3 rings (SSSR count). The van der Waals surface area contributed by atoms with Gasteiger partial charge in [-0.2, -0.15) is 0 Å². The van der Waals surface area contributed by atoms with Gasteiger partial charge in [0.2, 0.25) is 0 Å². The Morgan fingerprint density at radius 1 is 1.26 bits per heavy atom. The number of anilines is 1. The Labute approximate surface area is 120 Å². The minimum absolute atomic E-state index is 0.511. The third-order valence-electron chi connectivity index (χ3n) is 5.09. The van der Waals surface area contributed by atoms with Gasteiger partial charge in [0, 0.05) is 18.1 Å². The lowest BCUT2D eigenvalue weighted by atomic mass is 9.64. The molecule has 0 atom stereocenters. The highest BCUT2D eigenvalue weighted by Crippen LogP contribution is 2.44. The molecule has 0 bridgehead atoms. The van der Waals surface area contributed by atoms with Crippen LogP contribution < -0.4 is 10.6 Å². The summed E-state index contributed by atoms with van der Waals surface area (Å²) < 4.78 is 0. The van der Waals surface area contributed by atoms with E-state index >= 15 is 0 Å². The smallest absolute Gasteiger partial charge is 0.182 e. The lowest BCUT2D eigenvalue weighted by molar-refractivity contribution is 0.0885. The molecule has 2 aliphatic rings. The molecule has 0 aromatic carbocycles. The van der Waals surface area contributed by atoms with E-state index in [-0.39, 0.29) is 0 Å². The molecule has 0 amide bonds. The van der Waals surface area contributed by atoms with Crippen LogP contribution in [0.25, 0.3) is 0 Å². The first-order valence-electron chi connectivity index (χ1n) is 7.73. The largest absolute Gasteiger partial charge is 0.361 e. The zero-order valence-electron chi connectivity index (χ0n) is 11.7. The van der Waals surface area contributed by atoms with Crippen LogP contribution in [0.1, 0.15) is 44.9 Å². The maximum Gasteiger partial charge on any atom is 0.182 e. The first-order valence-corrected chi connectivity index (χ1v) is 8.61. The van der Waals surface area contributed by atoms with Crippen molar-refractivity contribution in [2.45, 2.75) is 44.9 Å². The van der Waals surface area contributed by atoms with Crippen LogP contribution in [0.4, 0.5) is 5.13 Å². The summed E-state index contributed by atoms with van der Waals surface area (Å²) in [4.78, 5) is 4.37. The molecule has 1 aliphatic carbocycles. The van der Waals surface area contributed by atoms with Gasteiger partial charge in [-0.3, -0.25) is 0 Å². The van der Waals surface area contributed by atoms with Gasteiger partial charge in [0.15, 0.2) is 5.13 Å². The van der Waals surface area contributed by atoms with Crippen molar-refractivity contribution in [1.82, 2.24) is 10.3 Å². The van der Waals surface area contributed by atoms with Gasteiger partial charge in [-0.25, -0.2) is 4.98 Å². The molecule has 1 saturated carbocycles. The van der Waals surface area contributed by atoms with Gasteiger partial charge in [0.25, 0.3) is 0 Å². The average Bonchev–Trinajstić information content (AvgIpc) is 3.01. The Kier molecular flexibility index (Phi) is 4.38. The van der Waals surface area contributed by atoms with E-state index in [0.29, 0.717) is 5.41 Å². The number of aromatic nitrogens is 1. The highest BCUT2D eigenvalue weighted by Gasteiger charge is 2.39. The molecule has 1 aromatic heterocycles. The average molecular weight is 279 g/mol. The number of rotatable bonds is 4. The van der Waals surface area contributed by atoms with Crippen molar-refractivity contribution in [3.63, 3.8) is 0 Å². The number of hydrogen-bond acceptors (Lipinski definition) is 4. The fraction of sp³-hybridized carbons (Fsp3) is 0.800. The summed E-state index contributed by atoms with van der Waals surface area (Å²) in [5, 5.41) is 10.3. The van der Waals surface area contributed by atoms with Crippen molar-refractivity contribution in [1.29, 1.82) is 0 Å². The van der Waals surface area contributed by atoms with Gasteiger partial charge >= 0.3 is 0 Å². The van der Waals surface area contributed by atoms with Crippen molar-refractivity contribution in [3.05, 3.63) is 11.6 Å². The molecular weight excluding hydrogens is 254 g/mol. The SMILES string of the molecule is c1csc(NCC2(C3CCCCC3)CCNCC2)n1. The van der Waals surface area contributed by atoms with Crippen molar-refractivity contribution in [2.75, 3.05) is 25.0 Å². The fourth-order valence-corrected chi connectivity index (χ4v) is 4.46. The second kappa shape index (κ2) is 6.23. The Bertz CT molecular complexity index is 365. The Hall–Kier alpha value is -0.610. The molecule has 106 valence electrons. The van der Waals surface area contributed by atoms with Crippen LogP contribution in [-0.2, 0) is 0 Å². The monoisotopic (exact) mass is 279 g/mol. The van der Waals surface area contributed by atoms with Gasteiger partial charge in [-0.05, 0) is 50.1 Å². The number of nitrogens with zero attached hydrogens (tertiary/aromatic N) is 1. The topological polar surface area (TPSA) is 37.0 Å². The van der Waals surface area contributed by atoms with Crippen LogP contribution in [0.5, 0.6) is 0 Å². The van der Waals surface area contributed by atoms with E-state index in [4.69, 9.17) is 0 Å². The Morgan fingerprint density at radius 2 is 2.05 bits per heavy atom. The summed E-state index contributed by atoms with van der Waals surface area (Å²) in [6, 6.07) is 0. The van der Waals surface area contributed by atoms with Crippen LogP contribution in [0.3, 0.4) is 0 Å². The summed E-state index contributed by atoms with van der Waals surface area (Å²) in [7, 11) is 0. The van der Waals surface area contributed by atoms with Gasteiger partial charge in [-0.1, -0.05) is 19.3 Å². The minimum Gasteiger partial charge on any atom is -0.361 e. The summed E-state index contributed by atoms with van der Waals surface area (Å²) in [6.07, 6.45) is 11.8. The van der Waals surface area contributed by atoms with E-state index in [1.807, 2.05) is 6.20 Å². The van der Waals surface area contributed by atoms with Gasteiger partial charge in [0.1, 0.15) is 0 Å². The second-order valence-electron chi connectivity index (χ2n) is 6.14. The molecule has 0 spiro atoms. The van der Waals surface area contributed by atoms with Crippen molar-refractivity contribution in [3.8, 4) is 0 Å². The van der Waals surface area contributed by atoms with E-state index in [9.17, 15) is 0 Å². The molecule has 0 radical (unpaired) electrons. The predicted octanol–water partition coefficient (Wildman–Crippen LogP) is 3.51. The number of hydrogen-bond donors (Lipinski definition) is 2. The minimum atomic E-state index is 0.511. The fourth-order valence-electron chi connectivity index (χ4n) is 3.93. The third kappa shape index (κ3) is 3.11. The molecule has 2 heterocycles. The van der Waals surface area contributed by atoms with E-state index < -0.39 is 0 Å². The molecule has 1 saturated heterocycles. The predicted molar refractivity (Wildman–Crippen MR) is 81.7 cm³/mol. The van der Waals surface area contributed by atoms with E-state index in [0.717, 1.165) is 17.6 Å². The molecule has 0 unspecified atom stereocenters. The first-order chi connectivity index (χ1) is 9.39. The molecule has 2 N–H and O–H groups in total. The van der Waals surface area contributed by atoms with Crippen LogP contribution in [0, 0.1) is 11.3 Å². The zero-order chi connectivity index (χ0) is 13.0. The second-order valence-corrected chi connectivity index (χ2v) is 7.03. The van der Waals surface area contributed by atoms with Gasteiger partial charge < -0.3 is 10.6 Å². The van der Waals surface area contributed by atoms with E-state index in [2.05, 4.69) is 21.0 Å². The summed E-state index contributed by atoms with van der Waals surface area (Å²) >= 11 is 1.72. The number of nitrogens with one attached hydrogen (secondary N) is 2. The molecular formula is C15H25N3S. The van der Waals surface area contributed by atoms with Crippen LogP contribution in [0.2, 0.25) is 0 Å². The van der Waals surface area contributed by atoms with Gasteiger partial charge in [0.05, 0.1) is 0 Å². The molecule has 4 heteroatoms. The van der Waals surface area contributed by atoms with Crippen LogP contribution in [-0.4, -0.2) is 24.6 Å². The molecule has 2 fully saturated rings. The molecule has 3 nitrogen and oxygen atoms in total. The molecule has 1 aromatic rings. The van der Waals surface area contributed by atoms with Crippen molar-refractivity contribution in [2.24, 2.45) is 11.3 Å². The Balaban J connectivity index is 1.68. The highest BCUT2D eigenvalue weighted by molar-refractivity contribution is 7.13. The molecule has 1 aliphatic heterocycles. The van der Waals surface area contributed by atoms with Crippen LogP contribution in [0.15, 0.2) is 11.6 Å². The van der Waals surface area contributed by atoms with Crippen molar-refractivity contribution < 1.29 is 0 Å². The van der Waals surface area contributed by atoms with Gasteiger partial charge in [-0.15, -0.1) is 11.3 Å². The van der Waals surface area contributed by atoms with E-state index in [1.165, 1.54) is 58.0 Å². The first kappa shape index (κ1) is 13.4.